The zero-order chi connectivity index (χ0) is 12.4. The van der Waals surface area contributed by atoms with Crippen molar-refractivity contribution in [2.24, 2.45) is 0 Å². The van der Waals surface area contributed by atoms with Crippen molar-refractivity contribution in [3.05, 3.63) is 29.3 Å². The number of aliphatic hydroxyl groups excluding tert-OH is 1. The summed E-state index contributed by atoms with van der Waals surface area (Å²) in [7, 11) is 0. The molecule has 2 rings (SSSR count). The average molecular weight is 235 g/mol. The van der Waals surface area contributed by atoms with Gasteiger partial charge in [-0.05, 0) is 31.9 Å². The van der Waals surface area contributed by atoms with Crippen LogP contribution in [0, 0.1) is 6.92 Å². The molecule has 0 bridgehead atoms. The molecule has 2 N–H and O–H groups in total. The molecule has 1 saturated carbocycles. The first-order chi connectivity index (χ1) is 8.15. The van der Waals surface area contributed by atoms with Gasteiger partial charge in [-0.2, -0.15) is 0 Å². The lowest BCUT2D eigenvalue weighted by atomic mass is 10.1. The number of aromatic hydroxyl groups is 1. The van der Waals surface area contributed by atoms with Gasteiger partial charge < -0.3 is 15.1 Å². The number of hydrogen-bond acceptors (Lipinski definition) is 3. The Balaban J connectivity index is 2.25. The van der Waals surface area contributed by atoms with Crippen LogP contribution in [0.15, 0.2) is 18.2 Å². The zero-order valence-electron chi connectivity index (χ0n) is 9.89. The van der Waals surface area contributed by atoms with Gasteiger partial charge in [0.05, 0.1) is 6.61 Å². The van der Waals surface area contributed by atoms with Gasteiger partial charge in [-0.3, -0.25) is 4.79 Å². The number of amides is 1. The van der Waals surface area contributed by atoms with Crippen LogP contribution in [0.25, 0.3) is 0 Å². The Hall–Kier alpha value is -1.55. The van der Waals surface area contributed by atoms with E-state index in [1.807, 2.05) is 0 Å². The van der Waals surface area contributed by atoms with E-state index in [0.717, 1.165) is 12.8 Å². The van der Waals surface area contributed by atoms with E-state index in [2.05, 4.69) is 0 Å². The molecule has 0 spiro atoms. The fourth-order valence-corrected chi connectivity index (χ4v) is 1.95. The number of carbonyl (C=O) groups is 1. The highest BCUT2D eigenvalue weighted by molar-refractivity contribution is 5.96. The van der Waals surface area contributed by atoms with Gasteiger partial charge in [0.25, 0.3) is 5.91 Å². The molecular weight excluding hydrogens is 218 g/mol. The number of hydrogen-bond donors (Lipinski definition) is 2. The highest BCUT2D eigenvalue weighted by atomic mass is 16.3. The van der Waals surface area contributed by atoms with Crippen LogP contribution in [0.1, 0.15) is 28.8 Å². The van der Waals surface area contributed by atoms with E-state index in [1.54, 1.807) is 30.0 Å². The normalized spacial score (nSPS) is 14.7. The number of nitrogens with zero attached hydrogens (tertiary/aromatic N) is 1. The number of phenols is 1. The van der Waals surface area contributed by atoms with Crippen molar-refractivity contribution in [1.29, 1.82) is 0 Å². The van der Waals surface area contributed by atoms with Crippen LogP contribution in [0.3, 0.4) is 0 Å². The van der Waals surface area contributed by atoms with Gasteiger partial charge >= 0.3 is 0 Å². The summed E-state index contributed by atoms with van der Waals surface area (Å²) < 4.78 is 0. The van der Waals surface area contributed by atoms with Crippen LogP contribution in [0.5, 0.6) is 5.75 Å². The predicted octanol–water partition coefficient (Wildman–Crippen LogP) is 1.30. The minimum Gasteiger partial charge on any atom is -0.508 e. The van der Waals surface area contributed by atoms with Gasteiger partial charge in [-0.15, -0.1) is 0 Å². The van der Waals surface area contributed by atoms with Gasteiger partial charge in [0.1, 0.15) is 5.75 Å². The topological polar surface area (TPSA) is 60.8 Å². The maximum absolute atomic E-state index is 12.3. The Morgan fingerprint density at radius 2 is 2.18 bits per heavy atom. The first-order valence-corrected chi connectivity index (χ1v) is 5.85. The molecule has 1 aromatic rings. The quantitative estimate of drug-likeness (QED) is 0.827. The summed E-state index contributed by atoms with van der Waals surface area (Å²) in [6.45, 7) is 2.06. The summed E-state index contributed by atoms with van der Waals surface area (Å²) >= 11 is 0. The summed E-state index contributed by atoms with van der Waals surface area (Å²) in [5.74, 6) is 0.0329. The molecule has 0 aromatic heterocycles. The fourth-order valence-electron chi connectivity index (χ4n) is 1.95. The molecule has 17 heavy (non-hydrogen) atoms. The van der Waals surface area contributed by atoms with Gasteiger partial charge in [0, 0.05) is 23.7 Å². The van der Waals surface area contributed by atoms with E-state index < -0.39 is 0 Å². The van der Waals surface area contributed by atoms with E-state index in [0.29, 0.717) is 17.7 Å². The summed E-state index contributed by atoms with van der Waals surface area (Å²) in [6, 6.07) is 5.21. The average Bonchev–Trinajstić information content (AvgIpc) is 3.13. The SMILES string of the molecule is Cc1c(O)cccc1C(=O)N(CCO)C1CC1. The number of aliphatic hydroxyl groups is 1. The van der Waals surface area contributed by atoms with Gasteiger partial charge in [-0.25, -0.2) is 0 Å². The van der Waals surface area contributed by atoms with Crippen molar-refractivity contribution >= 4 is 5.91 Å². The van der Waals surface area contributed by atoms with Crippen molar-refractivity contribution < 1.29 is 15.0 Å². The minimum absolute atomic E-state index is 0.0277. The van der Waals surface area contributed by atoms with E-state index in [-0.39, 0.29) is 24.3 Å². The van der Waals surface area contributed by atoms with Crippen molar-refractivity contribution in [3.63, 3.8) is 0 Å². The van der Waals surface area contributed by atoms with E-state index >= 15 is 0 Å². The maximum atomic E-state index is 12.3. The molecule has 92 valence electrons. The lowest BCUT2D eigenvalue weighted by Gasteiger charge is -2.22. The molecule has 0 saturated heterocycles. The zero-order valence-corrected chi connectivity index (χ0v) is 9.89. The lowest BCUT2D eigenvalue weighted by molar-refractivity contribution is 0.0706. The molecule has 1 aromatic carbocycles. The molecule has 1 aliphatic carbocycles. The monoisotopic (exact) mass is 235 g/mol. The van der Waals surface area contributed by atoms with Gasteiger partial charge in [0.15, 0.2) is 0 Å². The van der Waals surface area contributed by atoms with Crippen LogP contribution in [-0.2, 0) is 0 Å². The van der Waals surface area contributed by atoms with Gasteiger partial charge in [0.2, 0.25) is 0 Å². The molecule has 0 radical (unpaired) electrons. The maximum Gasteiger partial charge on any atom is 0.254 e. The van der Waals surface area contributed by atoms with Gasteiger partial charge in [-0.1, -0.05) is 6.07 Å². The van der Waals surface area contributed by atoms with Crippen molar-refractivity contribution in [1.82, 2.24) is 4.90 Å². The number of benzene rings is 1. The standard InChI is InChI=1S/C13H17NO3/c1-9-11(3-2-4-12(9)16)13(17)14(7-8-15)10-5-6-10/h2-4,10,15-16H,5-8H2,1H3. The highest BCUT2D eigenvalue weighted by Crippen LogP contribution is 2.29. The molecule has 1 fully saturated rings. The smallest absolute Gasteiger partial charge is 0.254 e. The highest BCUT2D eigenvalue weighted by Gasteiger charge is 2.33. The van der Waals surface area contributed by atoms with Crippen LogP contribution in [0.2, 0.25) is 0 Å². The largest absolute Gasteiger partial charge is 0.508 e. The molecule has 0 unspecified atom stereocenters. The summed E-state index contributed by atoms with van der Waals surface area (Å²) in [6.07, 6.45) is 2.01. The Morgan fingerprint density at radius 3 is 2.76 bits per heavy atom. The number of carbonyl (C=O) groups excluding carboxylic acids is 1. The Labute approximate surface area is 100 Å². The van der Waals surface area contributed by atoms with Crippen LogP contribution in [-0.4, -0.2) is 40.2 Å². The molecule has 4 nitrogen and oxygen atoms in total. The third-order valence-electron chi connectivity index (χ3n) is 3.13. The van der Waals surface area contributed by atoms with Crippen LogP contribution >= 0.6 is 0 Å². The minimum atomic E-state index is -0.102. The second kappa shape index (κ2) is 4.75. The first-order valence-electron chi connectivity index (χ1n) is 5.85. The lowest BCUT2D eigenvalue weighted by Crippen LogP contribution is -2.35. The van der Waals surface area contributed by atoms with Crippen LogP contribution in [0.4, 0.5) is 0 Å². The predicted molar refractivity (Wildman–Crippen MR) is 64.0 cm³/mol. The fraction of sp³-hybridized carbons (Fsp3) is 0.462. The molecule has 0 atom stereocenters. The Morgan fingerprint density at radius 1 is 1.47 bits per heavy atom. The first kappa shape index (κ1) is 11.9. The molecule has 1 aliphatic rings. The molecular formula is C13H17NO3. The summed E-state index contributed by atoms with van der Waals surface area (Å²) in [4.78, 5) is 14.0. The Bertz CT molecular complexity index is 427. The van der Waals surface area contributed by atoms with Crippen molar-refractivity contribution in [2.45, 2.75) is 25.8 Å². The number of phenolic OH excluding ortho intramolecular Hbond substituents is 1. The Kier molecular flexibility index (Phi) is 3.33. The molecule has 0 aliphatic heterocycles. The van der Waals surface area contributed by atoms with E-state index in [1.165, 1.54) is 0 Å². The molecule has 0 heterocycles. The van der Waals surface area contributed by atoms with E-state index in [4.69, 9.17) is 5.11 Å². The third-order valence-corrected chi connectivity index (χ3v) is 3.13. The second-order valence-electron chi connectivity index (χ2n) is 4.40. The second-order valence-corrected chi connectivity index (χ2v) is 4.40. The summed E-state index contributed by atoms with van der Waals surface area (Å²) in [5.41, 5.74) is 1.12. The number of rotatable bonds is 4. The van der Waals surface area contributed by atoms with Crippen LogP contribution < -0.4 is 0 Å². The summed E-state index contributed by atoms with van der Waals surface area (Å²) in [5, 5.41) is 18.6. The third kappa shape index (κ3) is 2.42. The van der Waals surface area contributed by atoms with E-state index in [9.17, 15) is 9.90 Å². The van der Waals surface area contributed by atoms with Crippen molar-refractivity contribution in [2.75, 3.05) is 13.2 Å². The molecule has 1 amide bonds. The van der Waals surface area contributed by atoms with Crippen molar-refractivity contribution in [3.8, 4) is 5.75 Å². The molecule has 4 heteroatoms.